The summed E-state index contributed by atoms with van der Waals surface area (Å²) in [5, 5.41) is 22.3. The van der Waals surface area contributed by atoms with Gasteiger partial charge in [0.1, 0.15) is 5.82 Å². The van der Waals surface area contributed by atoms with Crippen LogP contribution in [0.4, 0.5) is 4.39 Å². The van der Waals surface area contributed by atoms with Gasteiger partial charge in [0, 0.05) is 0 Å². The molecule has 2 rings (SSSR count). The Labute approximate surface area is 169 Å². The number of carboxylic acids is 2. The number of carbonyl (C=O) groups excluding carboxylic acids is 3. The molecule has 1 aliphatic rings. The number of rotatable bonds is 9. The molecule has 11 nitrogen and oxygen atoms in total. The average Bonchev–Trinajstić information content (AvgIpc) is 2.93. The minimum absolute atomic E-state index is 0.233. The van der Waals surface area contributed by atoms with Crippen molar-refractivity contribution in [2.45, 2.75) is 25.4 Å². The van der Waals surface area contributed by atoms with Crippen LogP contribution in [-0.2, 0) is 28.5 Å². The van der Waals surface area contributed by atoms with Crippen LogP contribution < -0.4 is 10.6 Å². The van der Waals surface area contributed by atoms with Crippen LogP contribution in [0.3, 0.4) is 0 Å². The molecule has 4 N–H and O–H groups in total. The monoisotopic (exact) mass is 424 g/mol. The number of aryl methyl sites for hydroxylation is 1. The molecule has 0 saturated carbocycles. The quantitative estimate of drug-likeness (QED) is 0.374. The maximum atomic E-state index is 13.7. The van der Waals surface area contributed by atoms with Crippen molar-refractivity contribution in [3.8, 4) is 0 Å². The van der Waals surface area contributed by atoms with Crippen LogP contribution in [0.1, 0.15) is 28.8 Å². The molecule has 0 bridgehead atoms. The Bertz CT molecular complexity index is 876. The predicted molar refractivity (Wildman–Crippen MR) is 96.6 cm³/mol. The second-order valence-electron chi connectivity index (χ2n) is 6.56. The molecule has 0 radical (unpaired) electrons. The lowest BCUT2D eigenvalue weighted by molar-refractivity contribution is -0.157. The highest BCUT2D eigenvalue weighted by Gasteiger charge is 2.55. The number of hydrogen-bond acceptors (Lipinski definition) is 7. The van der Waals surface area contributed by atoms with Gasteiger partial charge in [-0.25, -0.2) is 4.39 Å². The molecule has 0 aliphatic carbocycles. The first-order valence-electron chi connectivity index (χ1n) is 8.66. The molecule has 0 spiro atoms. The molecule has 13 heteroatoms. The standard InChI is InChI=1S/C17H18BFN2O9/c1-9-2-3-11(19)10(4-9)15(27)20-7-12(22)21-8-18-29-16(28)17(30-18,5-13(23)24)6-14(25)26/h2-4H,5-8H2,1H3,(H,20,27)(H,21,22)(H,23,24)(H,25,26). The van der Waals surface area contributed by atoms with Crippen LogP contribution in [0.25, 0.3) is 0 Å². The van der Waals surface area contributed by atoms with Crippen molar-refractivity contribution >= 4 is 36.8 Å². The molecule has 30 heavy (non-hydrogen) atoms. The lowest BCUT2D eigenvalue weighted by Crippen LogP contribution is -2.44. The minimum Gasteiger partial charge on any atom is -0.506 e. The molecule has 2 amide bonds. The third kappa shape index (κ3) is 5.76. The van der Waals surface area contributed by atoms with E-state index >= 15 is 0 Å². The zero-order chi connectivity index (χ0) is 22.5. The summed E-state index contributed by atoms with van der Waals surface area (Å²) in [7, 11) is -1.41. The number of benzene rings is 1. The molecule has 1 heterocycles. The Balaban J connectivity index is 1.88. The van der Waals surface area contributed by atoms with Crippen molar-refractivity contribution in [3.05, 3.63) is 35.1 Å². The Morgan fingerprint density at radius 3 is 2.37 bits per heavy atom. The van der Waals surface area contributed by atoms with E-state index < -0.39 is 74.1 Å². The van der Waals surface area contributed by atoms with E-state index in [2.05, 4.69) is 10.6 Å². The maximum Gasteiger partial charge on any atom is 0.548 e. The number of aliphatic carboxylic acids is 2. The summed E-state index contributed by atoms with van der Waals surface area (Å²) in [5.41, 5.74) is -1.79. The first-order chi connectivity index (χ1) is 14.0. The predicted octanol–water partition coefficient (Wildman–Crippen LogP) is -0.731. The summed E-state index contributed by atoms with van der Waals surface area (Å²) in [5.74, 6) is -6.40. The summed E-state index contributed by atoms with van der Waals surface area (Å²) in [4.78, 5) is 57.7. The van der Waals surface area contributed by atoms with E-state index in [9.17, 15) is 28.4 Å². The van der Waals surface area contributed by atoms with Crippen LogP contribution in [0.15, 0.2) is 18.2 Å². The second kappa shape index (κ2) is 9.35. The molecule has 1 aromatic rings. The van der Waals surface area contributed by atoms with Gasteiger partial charge in [0.25, 0.3) is 5.91 Å². The largest absolute Gasteiger partial charge is 0.548 e. The van der Waals surface area contributed by atoms with Gasteiger partial charge < -0.3 is 30.2 Å². The molecular weight excluding hydrogens is 406 g/mol. The van der Waals surface area contributed by atoms with E-state index in [4.69, 9.17) is 19.5 Å². The fourth-order valence-corrected chi connectivity index (χ4v) is 2.74. The third-order valence-electron chi connectivity index (χ3n) is 4.08. The fraction of sp³-hybridized carbons (Fsp3) is 0.353. The number of carboxylic acid groups (broad SMARTS) is 2. The fourth-order valence-electron chi connectivity index (χ4n) is 2.74. The van der Waals surface area contributed by atoms with Gasteiger partial charge in [-0.05, 0) is 19.1 Å². The highest BCUT2D eigenvalue weighted by molar-refractivity contribution is 6.50. The van der Waals surface area contributed by atoms with E-state index in [1.54, 1.807) is 6.92 Å². The number of hydrogen-bond donors (Lipinski definition) is 4. The molecule has 1 saturated heterocycles. The van der Waals surface area contributed by atoms with Crippen molar-refractivity contribution in [1.29, 1.82) is 0 Å². The number of halogens is 1. The summed E-state index contributed by atoms with van der Waals surface area (Å²) < 4.78 is 23.7. The molecule has 160 valence electrons. The van der Waals surface area contributed by atoms with E-state index in [0.29, 0.717) is 5.56 Å². The van der Waals surface area contributed by atoms with Gasteiger partial charge in [0.05, 0.1) is 31.4 Å². The van der Waals surface area contributed by atoms with Crippen molar-refractivity contribution in [2.75, 3.05) is 13.0 Å². The Morgan fingerprint density at radius 1 is 1.13 bits per heavy atom. The van der Waals surface area contributed by atoms with Crippen molar-refractivity contribution < 1.29 is 47.9 Å². The smallest absolute Gasteiger partial charge is 0.506 e. The first kappa shape index (κ1) is 22.8. The number of amides is 2. The van der Waals surface area contributed by atoms with Crippen molar-refractivity contribution in [1.82, 2.24) is 10.6 Å². The molecule has 0 atom stereocenters. The van der Waals surface area contributed by atoms with E-state index in [1.165, 1.54) is 12.1 Å². The first-order valence-corrected chi connectivity index (χ1v) is 8.66. The van der Waals surface area contributed by atoms with Crippen LogP contribution >= 0.6 is 0 Å². The molecule has 1 aromatic carbocycles. The molecule has 0 aromatic heterocycles. The molecule has 0 unspecified atom stereocenters. The Kier molecular flexibility index (Phi) is 7.11. The average molecular weight is 424 g/mol. The van der Waals surface area contributed by atoms with Gasteiger partial charge in [0.15, 0.2) is 5.60 Å². The van der Waals surface area contributed by atoms with Gasteiger partial charge >= 0.3 is 25.0 Å². The van der Waals surface area contributed by atoms with Crippen molar-refractivity contribution in [2.24, 2.45) is 0 Å². The lowest BCUT2D eigenvalue weighted by atomic mass is 9.89. The summed E-state index contributed by atoms with van der Waals surface area (Å²) >= 11 is 0. The molecule has 1 fully saturated rings. The highest BCUT2D eigenvalue weighted by atomic mass is 19.1. The van der Waals surface area contributed by atoms with E-state index in [1.807, 2.05) is 0 Å². The Morgan fingerprint density at radius 2 is 1.77 bits per heavy atom. The summed E-state index contributed by atoms with van der Waals surface area (Å²) in [6.07, 6.45) is -2.28. The summed E-state index contributed by atoms with van der Waals surface area (Å²) in [6, 6.07) is 3.92. The van der Waals surface area contributed by atoms with Gasteiger partial charge in [-0.3, -0.25) is 24.0 Å². The minimum atomic E-state index is -2.20. The zero-order valence-corrected chi connectivity index (χ0v) is 15.8. The number of nitrogens with one attached hydrogen (secondary N) is 2. The van der Waals surface area contributed by atoms with Gasteiger partial charge in [0.2, 0.25) is 5.91 Å². The lowest BCUT2D eigenvalue weighted by Gasteiger charge is -2.20. The van der Waals surface area contributed by atoms with E-state index in [-0.39, 0.29) is 5.56 Å². The molecular formula is C17H18BFN2O9. The maximum absolute atomic E-state index is 13.7. The second-order valence-corrected chi connectivity index (χ2v) is 6.56. The third-order valence-corrected chi connectivity index (χ3v) is 4.08. The van der Waals surface area contributed by atoms with Crippen LogP contribution in [0, 0.1) is 12.7 Å². The topological polar surface area (TPSA) is 168 Å². The van der Waals surface area contributed by atoms with Gasteiger partial charge in [-0.2, -0.15) is 0 Å². The van der Waals surface area contributed by atoms with Crippen molar-refractivity contribution in [3.63, 3.8) is 0 Å². The number of carbonyl (C=O) groups is 5. The van der Waals surface area contributed by atoms with Crippen LogP contribution in [0.2, 0.25) is 0 Å². The summed E-state index contributed by atoms with van der Waals surface area (Å²) in [6.45, 7) is 1.14. The SMILES string of the molecule is Cc1ccc(F)c(C(=O)NCC(=O)NCB2OC(=O)C(CC(=O)O)(CC(=O)O)O2)c1. The Hall–Kier alpha value is -3.48. The normalized spacial score (nSPS) is 14.7. The zero-order valence-electron chi connectivity index (χ0n) is 15.8. The highest BCUT2D eigenvalue weighted by Crippen LogP contribution is 2.30. The van der Waals surface area contributed by atoms with Gasteiger partial charge in [-0.15, -0.1) is 0 Å². The van der Waals surface area contributed by atoms with Crippen LogP contribution in [0.5, 0.6) is 0 Å². The van der Waals surface area contributed by atoms with E-state index in [0.717, 1.165) is 6.07 Å². The molecule has 1 aliphatic heterocycles. The van der Waals surface area contributed by atoms with Crippen LogP contribution in [-0.4, -0.2) is 65.6 Å². The van der Waals surface area contributed by atoms with Gasteiger partial charge in [-0.1, -0.05) is 11.6 Å².